The number of epoxide rings is 1. The van der Waals surface area contributed by atoms with Gasteiger partial charge in [-0.3, -0.25) is 9.59 Å². The molecule has 0 spiro atoms. The van der Waals surface area contributed by atoms with Crippen molar-refractivity contribution in [3.05, 3.63) is 41.5 Å². The predicted octanol–water partition coefficient (Wildman–Crippen LogP) is 1.46. The van der Waals surface area contributed by atoms with E-state index in [1.165, 1.54) is 5.57 Å². The van der Waals surface area contributed by atoms with Gasteiger partial charge in [-0.05, 0) is 57.2 Å². The third-order valence-corrected chi connectivity index (χ3v) is 6.37. The molecule has 1 fully saturated rings. The number of carbonyl (C=O) groups is 3. The van der Waals surface area contributed by atoms with Gasteiger partial charge in [0.15, 0.2) is 5.78 Å². The zero-order valence-electron chi connectivity index (χ0n) is 19.7. The lowest BCUT2D eigenvalue weighted by Gasteiger charge is -2.33. The third kappa shape index (κ3) is 6.50. The van der Waals surface area contributed by atoms with Gasteiger partial charge in [0.2, 0.25) is 5.91 Å². The zero-order valence-corrected chi connectivity index (χ0v) is 19.7. The molecule has 33 heavy (non-hydrogen) atoms. The summed E-state index contributed by atoms with van der Waals surface area (Å²) in [5, 5.41) is 6.11. The summed E-state index contributed by atoms with van der Waals surface area (Å²) in [4.78, 5) is 38.1. The number of amides is 1. The topological polar surface area (TPSA) is 123 Å². The van der Waals surface area contributed by atoms with E-state index in [9.17, 15) is 14.4 Å². The first-order valence-corrected chi connectivity index (χ1v) is 11.5. The molecule has 0 bridgehead atoms. The first-order chi connectivity index (χ1) is 15.7. The molecule has 0 saturated carbocycles. The average Bonchev–Trinajstić information content (AvgIpc) is 3.35. The summed E-state index contributed by atoms with van der Waals surface area (Å²) in [6, 6.07) is 6.01. The van der Waals surface area contributed by atoms with Crippen LogP contribution in [0.2, 0.25) is 0 Å². The normalized spacial score (nSPS) is 23.1. The minimum Gasteiger partial charge on any atom is -0.497 e. The average molecular weight is 458 g/mol. The molecule has 1 heterocycles. The number of benzene rings is 1. The minimum atomic E-state index is -1.27. The van der Waals surface area contributed by atoms with E-state index in [4.69, 9.17) is 15.2 Å². The second-order valence-electron chi connectivity index (χ2n) is 9.35. The van der Waals surface area contributed by atoms with Crippen LogP contribution < -0.4 is 21.1 Å². The van der Waals surface area contributed by atoms with Crippen molar-refractivity contribution in [2.75, 3.05) is 20.3 Å². The van der Waals surface area contributed by atoms with Gasteiger partial charge in [0, 0.05) is 13.0 Å². The number of hydrogen-bond acceptors (Lipinski definition) is 7. The Labute approximate surface area is 195 Å². The molecule has 180 valence electrons. The van der Waals surface area contributed by atoms with Gasteiger partial charge in [0.1, 0.15) is 23.2 Å². The largest absolute Gasteiger partial charge is 0.497 e. The molecule has 1 aliphatic heterocycles. The summed E-state index contributed by atoms with van der Waals surface area (Å²) in [6.07, 6.45) is 6.79. The van der Waals surface area contributed by atoms with Gasteiger partial charge in [0.25, 0.3) is 0 Å². The fraction of sp³-hybridized carbons (Fsp3) is 0.560. The van der Waals surface area contributed by atoms with E-state index in [0.29, 0.717) is 18.8 Å². The van der Waals surface area contributed by atoms with Crippen LogP contribution in [0.1, 0.15) is 45.1 Å². The monoisotopic (exact) mass is 457 g/mol. The van der Waals surface area contributed by atoms with Crippen LogP contribution in [0.15, 0.2) is 35.9 Å². The second-order valence-corrected chi connectivity index (χ2v) is 9.35. The summed E-state index contributed by atoms with van der Waals surface area (Å²) in [5.41, 5.74) is 5.78. The van der Waals surface area contributed by atoms with Crippen LogP contribution in [-0.2, 0) is 25.5 Å². The van der Waals surface area contributed by atoms with Crippen molar-refractivity contribution in [1.29, 1.82) is 0 Å². The quantitative estimate of drug-likeness (QED) is 0.233. The summed E-state index contributed by atoms with van der Waals surface area (Å²) in [5.74, 6) is 0.232. The van der Waals surface area contributed by atoms with Crippen LogP contribution in [0.5, 0.6) is 5.75 Å². The number of rotatable bonds is 13. The lowest BCUT2D eigenvalue weighted by Crippen LogP contribution is -2.62. The zero-order chi connectivity index (χ0) is 24.1. The number of carbonyl (C=O) groups excluding carboxylic acids is 3. The molecule has 8 nitrogen and oxygen atoms in total. The number of nitrogens with two attached hydrogens (primary N) is 1. The van der Waals surface area contributed by atoms with Gasteiger partial charge < -0.3 is 30.6 Å². The Bertz CT molecular complexity index is 892. The number of hydrogen-bond donors (Lipinski definition) is 3. The molecule has 2 aliphatic rings. The van der Waals surface area contributed by atoms with E-state index >= 15 is 0 Å². The maximum absolute atomic E-state index is 13.2. The van der Waals surface area contributed by atoms with Crippen molar-refractivity contribution >= 4 is 18.0 Å². The van der Waals surface area contributed by atoms with Gasteiger partial charge >= 0.3 is 0 Å². The van der Waals surface area contributed by atoms with Crippen LogP contribution in [0, 0.1) is 0 Å². The fourth-order valence-electron chi connectivity index (χ4n) is 4.10. The molecular weight excluding hydrogens is 422 g/mol. The van der Waals surface area contributed by atoms with Crippen LogP contribution in [-0.4, -0.2) is 61.5 Å². The second kappa shape index (κ2) is 10.6. The number of Topliss-reactive ketones (excluding diaryl/α,β-unsaturated/α-hetero) is 1. The molecule has 1 amide bonds. The number of ether oxygens (including phenoxy) is 2. The molecule has 1 aromatic carbocycles. The van der Waals surface area contributed by atoms with E-state index < -0.39 is 29.1 Å². The molecule has 3 rings (SSSR count). The van der Waals surface area contributed by atoms with Gasteiger partial charge in [-0.15, -0.1) is 0 Å². The molecule has 1 aromatic rings. The van der Waals surface area contributed by atoms with Gasteiger partial charge in [-0.2, -0.15) is 0 Å². The molecule has 1 saturated heterocycles. The molecule has 0 radical (unpaired) electrons. The van der Waals surface area contributed by atoms with E-state index in [0.717, 1.165) is 31.1 Å². The molecule has 8 heteroatoms. The SMILES string of the molecule is COc1ccc(CC(C=O)(CNC(CC2=CCCC2)C(=O)C2(C)CO2)NC(=O)C(C)N)cc1. The Hall–Kier alpha value is -2.55. The number of methoxy groups -OCH3 is 1. The van der Waals surface area contributed by atoms with E-state index in [2.05, 4.69) is 16.7 Å². The van der Waals surface area contributed by atoms with Crippen LogP contribution in [0.4, 0.5) is 0 Å². The van der Waals surface area contributed by atoms with Gasteiger partial charge in [-0.1, -0.05) is 23.8 Å². The Morgan fingerprint density at radius 2 is 2.03 bits per heavy atom. The Kier molecular flexibility index (Phi) is 8.05. The summed E-state index contributed by atoms with van der Waals surface area (Å²) in [7, 11) is 1.58. The van der Waals surface area contributed by atoms with Gasteiger partial charge in [0.05, 0.1) is 25.8 Å². The highest BCUT2D eigenvalue weighted by atomic mass is 16.6. The highest BCUT2D eigenvalue weighted by molar-refractivity contribution is 5.94. The Morgan fingerprint density at radius 1 is 1.33 bits per heavy atom. The standard InChI is InChI=1S/C25H35N3O5/c1-17(26)23(31)28-25(15-29,13-19-8-10-20(32-3)11-9-19)14-27-21(12-18-6-4-5-7-18)22(30)24(2)16-33-24/h6,8-11,15,17,21,27H,4-5,7,12-14,16,26H2,1-3H3,(H,28,31). The number of aldehydes is 1. The molecule has 4 atom stereocenters. The highest BCUT2D eigenvalue weighted by Gasteiger charge is 2.50. The first kappa shape index (κ1) is 25.1. The molecular formula is C25H35N3O5. The maximum Gasteiger partial charge on any atom is 0.237 e. The molecule has 0 aromatic heterocycles. The Balaban J connectivity index is 1.81. The van der Waals surface area contributed by atoms with E-state index in [1.807, 2.05) is 12.1 Å². The van der Waals surface area contributed by atoms with Crippen molar-refractivity contribution in [1.82, 2.24) is 10.6 Å². The van der Waals surface area contributed by atoms with Crippen LogP contribution >= 0.6 is 0 Å². The van der Waals surface area contributed by atoms with Crippen molar-refractivity contribution in [3.63, 3.8) is 0 Å². The summed E-state index contributed by atoms with van der Waals surface area (Å²) >= 11 is 0. The van der Waals surface area contributed by atoms with Crippen molar-refractivity contribution in [3.8, 4) is 5.75 Å². The fourth-order valence-corrected chi connectivity index (χ4v) is 4.10. The van der Waals surface area contributed by atoms with Crippen LogP contribution in [0.3, 0.4) is 0 Å². The lowest BCUT2D eigenvalue weighted by molar-refractivity contribution is -0.128. The van der Waals surface area contributed by atoms with Crippen molar-refractivity contribution in [2.45, 2.75) is 69.2 Å². The van der Waals surface area contributed by atoms with Crippen molar-refractivity contribution < 1.29 is 23.9 Å². The number of nitrogens with one attached hydrogen (secondary N) is 2. The summed E-state index contributed by atoms with van der Waals surface area (Å²) in [6.45, 7) is 3.83. The summed E-state index contributed by atoms with van der Waals surface area (Å²) < 4.78 is 10.6. The molecule has 4 N–H and O–H groups in total. The van der Waals surface area contributed by atoms with Crippen LogP contribution in [0.25, 0.3) is 0 Å². The van der Waals surface area contributed by atoms with E-state index in [1.54, 1.807) is 33.1 Å². The highest BCUT2D eigenvalue weighted by Crippen LogP contribution is 2.31. The maximum atomic E-state index is 13.2. The number of ketones is 1. The molecule has 4 unspecified atom stereocenters. The van der Waals surface area contributed by atoms with E-state index in [-0.39, 0.29) is 18.7 Å². The van der Waals surface area contributed by atoms with Crippen molar-refractivity contribution in [2.24, 2.45) is 5.73 Å². The minimum absolute atomic E-state index is 0.0296. The lowest BCUT2D eigenvalue weighted by atomic mass is 9.89. The molecule has 1 aliphatic carbocycles. The third-order valence-electron chi connectivity index (χ3n) is 6.37. The van der Waals surface area contributed by atoms with Gasteiger partial charge in [-0.25, -0.2) is 0 Å². The smallest absolute Gasteiger partial charge is 0.237 e. The predicted molar refractivity (Wildman–Crippen MR) is 125 cm³/mol. The first-order valence-electron chi connectivity index (χ1n) is 11.5. The Morgan fingerprint density at radius 3 is 2.55 bits per heavy atom. The number of allylic oxidation sites excluding steroid dienone is 1.